The van der Waals surface area contributed by atoms with E-state index >= 15 is 0 Å². The summed E-state index contributed by atoms with van der Waals surface area (Å²) in [6.07, 6.45) is -0.524. The van der Waals surface area contributed by atoms with Crippen LogP contribution in [0.3, 0.4) is 0 Å². The minimum Gasteiger partial charge on any atom is -0.475 e. The van der Waals surface area contributed by atoms with Gasteiger partial charge in [-0.1, -0.05) is 0 Å². The monoisotopic (exact) mass is 465 g/mol. The summed E-state index contributed by atoms with van der Waals surface area (Å²) >= 11 is 0. The van der Waals surface area contributed by atoms with E-state index < -0.39 is 24.3 Å². The highest BCUT2D eigenvalue weighted by Gasteiger charge is 2.34. The van der Waals surface area contributed by atoms with Crippen molar-refractivity contribution in [3.63, 3.8) is 0 Å². The minimum absolute atomic E-state index is 0.0284. The number of ether oxygens (including phenoxy) is 2. The summed E-state index contributed by atoms with van der Waals surface area (Å²) in [7, 11) is 1.23. The first-order valence-corrected chi connectivity index (χ1v) is 10.2. The number of H-pyrrole nitrogens is 1. The van der Waals surface area contributed by atoms with E-state index in [1.807, 2.05) is 0 Å². The first kappa shape index (κ1) is 21.3. The number of aromatic nitrogens is 5. The van der Waals surface area contributed by atoms with Crippen LogP contribution in [0.15, 0.2) is 36.7 Å². The zero-order valence-corrected chi connectivity index (χ0v) is 17.7. The molecule has 2 N–H and O–H groups in total. The van der Waals surface area contributed by atoms with Crippen LogP contribution in [0.5, 0.6) is 5.88 Å². The number of carbonyl (C=O) groups excluding carboxylic acids is 1. The van der Waals surface area contributed by atoms with Crippen LogP contribution in [0.2, 0.25) is 0 Å². The number of fused-ring (bicyclic) bond motifs is 2. The fraction of sp³-hybridized carbons (Fsp3) is 0.227. The minimum atomic E-state index is -2.92. The average molecular weight is 465 g/mol. The number of hydrogen-bond acceptors (Lipinski definition) is 7. The highest BCUT2D eigenvalue weighted by molar-refractivity contribution is 6.04. The van der Waals surface area contributed by atoms with E-state index in [1.165, 1.54) is 18.0 Å². The normalized spacial score (nSPS) is 15.0. The van der Waals surface area contributed by atoms with Crippen molar-refractivity contribution in [1.29, 1.82) is 5.26 Å². The number of carbonyl (C=O) groups is 1. The van der Waals surface area contributed by atoms with Crippen molar-refractivity contribution in [2.45, 2.75) is 19.0 Å². The lowest BCUT2D eigenvalue weighted by atomic mass is 9.97. The van der Waals surface area contributed by atoms with Gasteiger partial charge in [0.2, 0.25) is 5.88 Å². The largest absolute Gasteiger partial charge is 0.475 e. The Bertz CT molecular complexity index is 1440. The van der Waals surface area contributed by atoms with Crippen LogP contribution in [0.1, 0.15) is 17.8 Å². The molecule has 0 aliphatic carbocycles. The molecule has 5 heterocycles. The quantitative estimate of drug-likeness (QED) is 0.472. The number of rotatable bonds is 4. The van der Waals surface area contributed by atoms with Crippen molar-refractivity contribution in [3.8, 4) is 34.3 Å². The summed E-state index contributed by atoms with van der Waals surface area (Å²) in [6.45, 7) is 0.134. The fourth-order valence-corrected chi connectivity index (χ4v) is 4.06. The molecule has 4 aromatic heterocycles. The number of alkyl carbamates (subject to hydrolysis) is 1. The summed E-state index contributed by atoms with van der Waals surface area (Å²) in [5, 5.41) is 16.9. The lowest BCUT2D eigenvalue weighted by Crippen LogP contribution is -2.44. The van der Waals surface area contributed by atoms with Gasteiger partial charge in [0.25, 0.3) is 6.43 Å². The molecule has 1 aliphatic heterocycles. The summed E-state index contributed by atoms with van der Waals surface area (Å²) in [6, 6.07) is 8.38. The molecule has 34 heavy (non-hydrogen) atoms. The molecule has 1 aliphatic rings. The molecule has 172 valence electrons. The molecule has 0 radical (unpaired) electrons. The number of alkyl halides is 2. The molecule has 5 rings (SSSR count). The maximum Gasteiger partial charge on any atom is 0.407 e. The van der Waals surface area contributed by atoms with E-state index in [2.05, 4.69) is 36.2 Å². The molecule has 0 unspecified atom stereocenters. The fourth-order valence-electron chi connectivity index (χ4n) is 4.06. The van der Waals surface area contributed by atoms with Gasteiger partial charge < -0.3 is 19.8 Å². The number of hydrogen-bond donors (Lipinski definition) is 2. The zero-order chi connectivity index (χ0) is 23.8. The predicted molar refractivity (Wildman–Crippen MR) is 115 cm³/mol. The molecule has 0 aromatic carbocycles. The number of aromatic amines is 1. The van der Waals surface area contributed by atoms with E-state index in [-0.39, 0.29) is 36.0 Å². The first-order valence-electron chi connectivity index (χ1n) is 10.2. The van der Waals surface area contributed by atoms with Gasteiger partial charge in [-0.05, 0) is 24.3 Å². The second-order valence-electron chi connectivity index (χ2n) is 7.48. The van der Waals surface area contributed by atoms with E-state index in [4.69, 9.17) is 4.74 Å². The Morgan fingerprint density at radius 3 is 2.88 bits per heavy atom. The number of nitriles is 1. The summed E-state index contributed by atoms with van der Waals surface area (Å²) in [5.41, 5.74) is 1.38. The van der Waals surface area contributed by atoms with Gasteiger partial charge in [-0.15, -0.1) is 0 Å². The van der Waals surface area contributed by atoms with Crippen molar-refractivity contribution in [2.24, 2.45) is 0 Å². The molecule has 0 fully saturated rings. The second kappa shape index (κ2) is 8.43. The van der Waals surface area contributed by atoms with Crippen LogP contribution < -0.4 is 10.1 Å². The average Bonchev–Trinajstić information content (AvgIpc) is 3.42. The summed E-state index contributed by atoms with van der Waals surface area (Å²) in [5.74, 6) is 0.119. The molecule has 1 atom stereocenters. The van der Waals surface area contributed by atoms with Crippen LogP contribution in [-0.2, 0) is 11.3 Å². The molecule has 0 saturated heterocycles. The molecule has 0 saturated carbocycles. The van der Waals surface area contributed by atoms with Gasteiger partial charge in [-0.25, -0.2) is 28.2 Å². The lowest BCUT2D eigenvalue weighted by Gasteiger charge is -2.25. The molecular weight excluding hydrogens is 448 g/mol. The zero-order valence-electron chi connectivity index (χ0n) is 17.7. The third-order valence-electron chi connectivity index (χ3n) is 5.46. The summed E-state index contributed by atoms with van der Waals surface area (Å²) in [4.78, 5) is 23.1. The third-order valence-corrected chi connectivity index (χ3v) is 5.46. The molecule has 0 spiro atoms. The van der Waals surface area contributed by atoms with Crippen LogP contribution in [-0.4, -0.2) is 50.6 Å². The van der Waals surface area contributed by atoms with Gasteiger partial charge in [-0.2, -0.15) is 10.4 Å². The molecule has 4 aromatic rings. The Morgan fingerprint density at radius 2 is 2.12 bits per heavy atom. The van der Waals surface area contributed by atoms with E-state index in [0.29, 0.717) is 22.2 Å². The molecule has 1 amide bonds. The first-order chi connectivity index (χ1) is 16.5. The van der Waals surface area contributed by atoms with Gasteiger partial charge in [0, 0.05) is 28.9 Å². The SMILES string of the molecule is COC(=O)N[C@@H]1COc2c(-c3[nH]c4ncccc4c3-c3cccnc3C#N)c(C(F)F)nn2C1. The van der Waals surface area contributed by atoms with Crippen molar-refractivity contribution in [2.75, 3.05) is 13.7 Å². The molecule has 10 nitrogen and oxygen atoms in total. The predicted octanol–water partition coefficient (Wildman–Crippen LogP) is 3.41. The molecular formula is C22H17F2N7O3. The smallest absolute Gasteiger partial charge is 0.407 e. The molecule has 12 heteroatoms. The Hall–Kier alpha value is -4.53. The number of methoxy groups -OCH3 is 1. The standard InChI is InChI=1S/C22H17F2N7O3/c1-33-22(32)28-11-9-31-21(34-10-11)16(18(30-31)19(23)24)17-15(12-4-2-6-26-14(12)8-25)13-5-3-7-27-20(13)29-17/h2-7,11,19H,9-10H2,1H3,(H,27,29)(H,28,32)/t11-/m0/s1. The maximum absolute atomic E-state index is 14.2. The topological polar surface area (TPSA) is 131 Å². The number of pyridine rings is 2. The number of amides is 1. The third kappa shape index (κ3) is 3.47. The van der Waals surface area contributed by atoms with Crippen molar-refractivity contribution in [3.05, 3.63) is 48.0 Å². The van der Waals surface area contributed by atoms with E-state index in [9.17, 15) is 18.8 Å². The van der Waals surface area contributed by atoms with Crippen LogP contribution in [0.4, 0.5) is 13.6 Å². The Labute approximate surface area is 191 Å². The number of nitrogens with zero attached hydrogens (tertiary/aromatic N) is 5. The van der Waals surface area contributed by atoms with Gasteiger partial charge in [-0.3, -0.25) is 0 Å². The van der Waals surface area contributed by atoms with Crippen LogP contribution >= 0.6 is 0 Å². The number of nitrogens with one attached hydrogen (secondary N) is 2. The van der Waals surface area contributed by atoms with Gasteiger partial charge in [0.05, 0.1) is 31.0 Å². The number of halogens is 2. The van der Waals surface area contributed by atoms with Gasteiger partial charge in [0.1, 0.15) is 29.7 Å². The second-order valence-corrected chi connectivity index (χ2v) is 7.48. The van der Waals surface area contributed by atoms with Crippen LogP contribution in [0.25, 0.3) is 33.4 Å². The van der Waals surface area contributed by atoms with E-state index in [1.54, 1.807) is 30.5 Å². The Kier molecular flexibility index (Phi) is 5.29. The van der Waals surface area contributed by atoms with Gasteiger partial charge >= 0.3 is 6.09 Å². The van der Waals surface area contributed by atoms with Gasteiger partial charge in [0.15, 0.2) is 0 Å². The Morgan fingerprint density at radius 1 is 1.32 bits per heavy atom. The highest BCUT2D eigenvalue weighted by atomic mass is 19.3. The summed E-state index contributed by atoms with van der Waals surface area (Å²) < 4.78 is 40.1. The lowest BCUT2D eigenvalue weighted by molar-refractivity contribution is 0.138. The van der Waals surface area contributed by atoms with Crippen molar-refractivity contribution >= 4 is 17.1 Å². The molecule has 0 bridgehead atoms. The highest BCUT2D eigenvalue weighted by Crippen LogP contribution is 2.46. The van der Waals surface area contributed by atoms with Crippen molar-refractivity contribution < 1.29 is 23.0 Å². The Balaban J connectivity index is 1.73. The maximum atomic E-state index is 14.2. The van der Waals surface area contributed by atoms with E-state index in [0.717, 1.165) is 0 Å². The van der Waals surface area contributed by atoms with Crippen molar-refractivity contribution in [1.82, 2.24) is 30.0 Å². The van der Waals surface area contributed by atoms with Crippen LogP contribution in [0, 0.1) is 11.3 Å².